The van der Waals surface area contributed by atoms with Crippen molar-refractivity contribution in [3.05, 3.63) is 48.0 Å². The first-order chi connectivity index (χ1) is 14.2. The Bertz CT molecular complexity index is 991. The fourth-order valence-corrected chi connectivity index (χ4v) is 4.70. The predicted octanol–water partition coefficient (Wildman–Crippen LogP) is 3.81. The van der Waals surface area contributed by atoms with E-state index in [4.69, 9.17) is 9.72 Å². The number of aryl methyl sites for hydroxylation is 1. The van der Waals surface area contributed by atoms with Gasteiger partial charge in [0.25, 0.3) is 0 Å². The van der Waals surface area contributed by atoms with Crippen molar-refractivity contribution in [3.8, 4) is 11.4 Å². The Morgan fingerprint density at radius 2 is 1.83 bits per heavy atom. The SMILES string of the molecule is CC1CCc2c(ccc3c2nc(-c2ccccc2)n3CCN2CCOCC2)N1C. The normalized spacial score (nSPS) is 20.2. The minimum absolute atomic E-state index is 0.581. The van der Waals surface area contributed by atoms with Crippen molar-refractivity contribution in [2.45, 2.75) is 32.4 Å². The lowest BCUT2D eigenvalue weighted by molar-refractivity contribution is 0.0366. The number of ether oxygens (including phenoxy) is 1. The molecular weight excluding hydrogens is 360 g/mol. The largest absolute Gasteiger partial charge is 0.379 e. The average Bonchev–Trinajstić information content (AvgIpc) is 3.15. The fraction of sp³-hybridized carbons (Fsp3) is 0.458. The summed E-state index contributed by atoms with van der Waals surface area (Å²) in [6, 6.07) is 15.8. The topological polar surface area (TPSA) is 33.5 Å². The van der Waals surface area contributed by atoms with Crippen LogP contribution in [0.2, 0.25) is 0 Å². The molecular formula is C24H30N4O. The second-order valence-corrected chi connectivity index (χ2v) is 8.34. The highest BCUT2D eigenvalue weighted by Gasteiger charge is 2.25. The molecule has 0 amide bonds. The van der Waals surface area contributed by atoms with Gasteiger partial charge in [0.2, 0.25) is 0 Å². The van der Waals surface area contributed by atoms with Crippen LogP contribution in [0.4, 0.5) is 5.69 Å². The summed E-state index contributed by atoms with van der Waals surface area (Å²) in [6.07, 6.45) is 2.29. The quantitative estimate of drug-likeness (QED) is 0.678. The Balaban J connectivity index is 1.59. The second kappa shape index (κ2) is 7.81. The minimum Gasteiger partial charge on any atom is -0.379 e. The van der Waals surface area contributed by atoms with Gasteiger partial charge in [0.05, 0.1) is 24.2 Å². The van der Waals surface area contributed by atoms with Crippen molar-refractivity contribution in [1.82, 2.24) is 14.5 Å². The molecule has 152 valence electrons. The van der Waals surface area contributed by atoms with E-state index in [0.29, 0.717) is 6.04 Å². The minimum atomic E-state index is 0.581. The lowest BCUT2D eigenvalue weighted by Crippen LogP contribution is -2.38. The molecule has 2 aliphatic rings. The molecule has 0 aliphatic carbocycles. The number of morpholine rings is 1. The van der Waals surface area contributed by atoms with Crippen LogP contribution in [0, 0.1) is 0 Å². The average molecular weight is 391 g/mol. The summed E-state index contributed by atoms with van der Waals surface area (Å²) in [5.41, 5.74) is 6.39. The van der Waals surface area contributed by atoms with E-state index >= 15 is 0 Å². The number of hydrogen-bond donors (Lipinski definition) is 0. The number of anilines is 1. The van der Waals surface area contributed by atoms with Gasteiger partial charge in [-0.25, -0.2) is 4.98 Å². The van der Waals surface area contributed by atoms with Crippen LogP contribution in [0.1, 0.15) is 18.9 Å². The molecule has 2 aliphatic heterocycles. The molecule has 0 spiro atoms. The highest BCUT2D eigenvalue weighted by Crippen LogP contribution is 2.36. The van der Waals surface area contributed by atoms with E-state index < -0.39 is 0 Å². The molecule has 0 N–H and O–H groups in total. The summed E-state index contributed by atoms with van der Waals surface area (Å²) in [5, 5.41) is 0. The maximum absolute atomic E-state index is 5.52. The summed E-state index contributed by atoms with van der Waals surface area (Å²) in [4.78, 5) is 10.1. The number of hydrogen-bond acceptors (Lipinski definition) is 4. The van der Waals surface area contributed by atoms with Gasteiger partial charge in [0.15, 0.2) is 0 Å². The molecule has 1 atom stereocenters. The summed E-state index contributed by atoms with van der Waals surface area (Å²) >= 11 is 0. The Morgan fingerprint density at radius 3 is 2.62 bits per heavy atom. The third-order valence-corrected chi connectivity index (χ3v) is 6.63. The van der Waals surface area contributed by atoms with Crippen LogP contribution >= 0.6 is 0 Å². The van der Waals surface area contributed by atoms with Gasteiger partial charge in [-0.15, -0.1) is 0 Å². The summed E-state index contributed by atoms with van der Waals surface area (Å²) < 4.78 is 7.94. The van der Waals surface area contributed by atoms with Gasteiger partial charge in [0.1, 0.15) is 5.82 Å². The number of fused-ring (bicyclic) bond motifs is 3. The van der Waals surface area contributed by atoms with Crippen LogP contribution in [0.5, 0.6) is 0 Å². The Hall–Kier alpha value is -2.37. The lowest BCUT2D eigenvalue weighted by atomic mass is 9.96. The fourth-order valence-electron chi connectivity index (χ4n) is 4.70. The van der Waals surface area contributed by atoms with Gasteiger partial charge in [-0.2, -0.15) is 0 Å². The second-order valence-electron chi connectivity index (χ2n) is 8.34. The zero-order valence-electron chi connectivity index (χ0n) is 17.5. The summed E-state index contributed by atoms with van der Waals surface area (Å²) in [6.45, 7) is 8.01. The first-order valence-electron chi connectivity index (χ1n) is 10.8. The van der Waals surface area contributed by atoms with E-state index in [0.717, 1.165) is 51.6 Å². The zero-order valence-corrected chi connectivity index (χ0v) is 17.5. The first kappa shape index (κ1) is 18.6. The van der Waals surface area contributed by atoms with Crippen LogP contribution in [0.15, 0.2) is 42.5 Å². The van der Waals surface area contributed by atoms with Gasteiger partial charge in [0, 0.05) is 56.1 Å². The highest BCUT2D eigenvalue weighted by atomic mass is 16.5. The molecule has 3 heterocycles. The molecule has 3 aromatic rings. The number of nitrogens with zero attached hydrogens (tertiary/aromatic N) is 4. The molecule has 1 unspecified atom stereocenters. The van der Waals surface area contributed by atoms with E-state index in [-0.39, 0.29) is 0 Å². The monoisotopic (exact) mass is 390 g/mol. The van der Waals surface area contributed by atoms with E-state index in [1.165, 1.54) is 34.3 Å². The molecule has 1 aromatic heterocycles. The predicted molar refractivity (Wildman–Crippen MR) is 119 cm³/mol. The van der Waals surface area contributed by atoms with Gasteiger partial charge in [-0.1, -0.05) is 30.3 Å². The smallest absolute Gasteiger partial charge is 0.141 e. The maximum atomic E-state index is 5.52. The van der Waals surface area contributed by atoms with Crippen molar-refractivity contribution >= 4 is 16.7 Å². The molecule has 5 nitrogen and oxygen atoms in total. The van der Waals surface area contributed by atoms with Crippen molar-refractivity contribution in [2.24, 2.45) is 0 Å². The molecule has 0 bridgehead atoms. The molecule has 0 saturated carbocycles. The lowest BCUT2D eigenvalue weighted by Gasteiger charge is -2.34. The van der Waals surface area contributed by atoms with E-state index in [2.05, 4.69) is 70.8 Å². The van der Waals surface area contributed by atoms with E-state index in [9.17, 15) is 0 Å². The van der Waals surface area contributed by atoms with Gasteiger partial charge < -0.3 is 14.2 Å². The van der Waals surface area contributed by atoms with Crippen LogP contribution in [0.3, 0.4) is 0 Å². The van der Waals surface area contributed by atoms with Gasteiger partial charge in [-0.05, 0) is 31.9 Å². The zero-order chi connectivity index (χ0) is 19.8. The van der Waals surface area contributed by atoms with Gasteiger partial charge >= 0.3 is 0 Å². The van der Waals surface area contributed by atoms with Crippen molar-refractivity contribution < 1.29 is 4.74 Å². The maximum Gasteiger partial charge on any atom is 0.141 e. The number of aromatic nitrogens is 2. The number of benzene rings is 2. The van der Waals surface area contributed by atoms with Crippen molar-refractivity contribution in [1.29, 1.82) is 0 Å². The Kier molecular flexibility index (Phi) is 5.02. The van der Waals surface area contributed by atoms with Crippen LogP contribution < -0.4 is 4.90 Å². The highest BCUT2D eigenvalue weighted by molar-refractivity contribution is 5.88. The van der Waals surface area contributed by atoms with E-state index in [1.54, 1.807) is 0 Å². The summed E-state index contributed by atoms with van der Waals surface area (Å²) in [5.74, 6) is 1.09. The number of imidazole rings is 1. The van der Waals surface area contributed by atoms with Crippen LogP contribution in [-0.2, 0) is 17.7 Å². The first-order valence-corrected chi connectivity index (χ1v) is 10.8. The Morgan fingerprint density at radius 1 is 1.03 bits per heavy atom. The molecule has 0 radical (unpaired) electrons. The third kappa shape index (κ3) is 3.43. The molecule has 5 heteroatoms. The van der Waals surface area contributed by atoms with Gasteiger partial charge in [-0.3, -0.25) is 4.90 Å². The van der Waals surface area contributed by atoms with Crippen LogP contribution in [0.25, 0.3) is 22.4 Å². The van der Waals surface area contributed by atoms with Crippen molar-refractivity contribution in [3.63, 3.8) is 0 Å². The molecule has 1 fully saturated rings. The molecule has 1 saturated heterocycles. The summed E-state index contributed by atoms with van der Waals surface area (Å²) in [7, 11) is 2.21. The third-order valence-electron chi connectivity index (χ3n) is 6.63. The molecule has 29 heavy (non-hydrogen) atoms. The van der Waals surface area contributed by atoms with E-state index in [1.807, 2.05) is 0 Å². The standard InChI is InChI=1S/C24H30N4O/c1-18-8-9-20-21(26(18)2)10-11-22-23(20)25-24(19-6-4-3-5-7-19)28(22)13-12-27-14-16-29-17-15-27/h3-7,10-11,18H,8-9,12-17H2,1-2H3. The van der Waals surface area contributed by atoms with Crippen molar-refractivity contribution in [2.75, 3.05) is 44.8 Å². The molecule has 2 aromatic carbocycles. The molecule has 5 rings (SSSR count). The number of rotatable bonds is 4. The Labute approximate surface area is 172 Å². The van der Waals surface area contributed by atoms with Crippen LogP contribution in [-0.4, -0.2) is 60.4 Å².